The molecule has 9 nitrogen and oxygen atoms in total. The van der Waals surface area contributed by atoms with E-state index in [2.05, 4.69) is 31.0 Å². The van der Waals surface area contributed by atoms with Crippen molar-refractivity contribution in [3.63, 3.8) is 0 Å². The molecule has 0 amide bonds. The van der Waals surface area contributed by atoms with Crippen LogP contribution in [0.25, 0.3) is 11.3 Å². The van der Waals surface area contributed by atoms with Crippen molar-refractivity contribution in [3.05, 3.63) is 74.0 Å². The fraction of sp³-hybridized carbons (Fsp3) is 0.150. The second-order valence-electron chi connectivity index (χ2n) is 6.79. The maximum absolute atomic E-state index is 12.7. The third-order valence-corrected chi connectivity index (χ3v) is 5.51. The molecule has 0 bridgehead atoms. The predicted octanol–water partition coefficient (Wildman–Crippen LogP) is 3.82. The van der Waals surface area contributed by atoms with E-state index < -0.39 is 11.6 Å². The van der Waals surface area contributed by atoms with Crippen LogP contribution in [-0.2, 0) is 0 Å². The van der Waals surface area contributed by atoms with Crippen LogP contribution in [0.5, 0.6) is 5.75 Å². The molecule has 0 spiro atoms. The van der Waals surface area contributed by atoms with Crippen LogP contribution in [0.2, 0.25) is 10.0 Å². The molecule has 4 aromatic rings. The van der Waals surface area contributed by atoms with Crippen molar-refractivity contribution >= 4 is 34.8 Å². The van der Waals surface area contributed by atoms with Crippen molar-refractivity contribution in [3.8, 4) is 17.0 Å². The lowest BCUT2D eigenvalue weighted by Gasteiger charge is -2.28. The molecule has 2 aromatic carbocycles. The van der Waals surface area contributed by atoms with Gasteiger partial charge < -0.3 is 10.1 Å². The number of hydrogen-bond acceptors (Lipinski definition) is 7. The van der Waals surface area contributed by atoms with Gasteiger partial charge in [-0.15, -0.1) is 0 Å². The number of aromatic nitrogens is 6. The lowest BCUT2D eigenvalue weighted by molar-refractivity contribution is 0.340. The van der Waals surface area contributed by atoms with Gasteiger partial charge in [0.05, 0.1) is 11.6 Å². The fourth-order valence-corrected chi connectivity index (χ4v) is 4.14. The maximum Gasteiger partial charge on any atom is 0.288 e. The van der Waals surface area contributed by atoms with E-state index >= 15 is 0 Å². The molecule has 1 atom stereocenters. The normalized spacial score (nSPS) is 14.5. The zero-order chi connectivity index (χ0) is 21.5. The topological polar surface area (TPSA) is 111 Å². The van der Waals surface area contributed by atoms with Gasteiger partial charge in [-0.3, -0.25) is 4.79 Å². The second-order valence-corrected chi connectivity index (χ2v) is 7.63. The van der Waals surface area contributed by atoms with E-state index in [1.165, 1.54) is 0 Å². The quantitative estimate of drug-likeness (QED) is 0.423. The van der Waals surface area contributed by atoms with Crippen molar-refractivity contribution in [2.24, 2.45) is 0 Å². The highest BCUT2D eigenvalue weighted by Crippen LogP contribution is 2.43. The number of halogens is 2. The van der Waals surface area contributed by atoms with Crippen LogP contribution in [0.3, 0.4) is 0 Å². The molecule has 11 heteroatoms. The average Bonchev–Trinajstić information content (AvgIpc) is 3.23. The van der Waals surface area contributed by atoms with Gasteiger partial charge in [-0.05, 0) is 53.2 Å². The second kappa shape index (κ2) is 7.68. The van der Waals surface area contributed by atoms with Crippen LogP contribution >= 0.6 is 23.2 Å². The zero-order valence-electron chi connectivity index (χ0n) is 16.1. The van der Waals surface area contributed by atoms with Gasteiger partial charge in [0.2, 0.25) is 5.95 Å². The number of hydrogen-bond donors (Lipinski definition) is 2. The van der Waals surface area contributed by atoms with Crippen molar-refractivity contribution in [1.82, 2.24) is 30.4 Å². The number of aromatic amines is 1. The molecule has 0 unspecified atom stereocenters. The minimum Gasteiger partial charge on any atom is -0.494 e. The van der Waals surface area contributed by atoms with Gasteiger partial charge in [0.15, 0.2) is 0 Å². The molecule has 2 aromatic heterocycles. The van der Waals surface area contributed by atoms with E-state index in [1.807, 2.05) is 31.2 Å². The number of H-pyrrole nitrogens is 1. The van der Waals surface area contributed by atoms with Gasteiger partial charge in [0.1, 0.15) is 23.2 Å². The summed E-state index contributed by atoms with van der Waals surface area (Å²) in [6.07, 6.45) is 0. The molecule has 31 heavy (non-hydrogen) atoms. The summed E-state index contributed by atoms with van der Waals surface area (Å²) in [5.74, 6) is 1.08. The van der Waals surface area contributed by atoms with E-state index in [4.69, 9.17) is 27.9 Å². The molecule has 1 aliphatic rings. The first kappa shape index (κ1) is 19.5. The van der Waals surface area contributed by atoms with Gasteiger partial charge in [0.25, 0.3) is 5.56 Å². The molecular weight excluding hydrogens is 441 g/mol. The number of tetrazole rings is 1. The summed E-state index contributed by atoms with van der Waals surface area (Å²) in [6, 6.07) is 12.1. The maximum atomic E-state index is 12.7. The molecule has 0 radical (unpaired) electrons. The van der Waals surface area contributed by atoms with Gasteiger partial charge in [-0.1, -0.05) is 40.4 Å². The van der Waals surface area contributed by atoms with Crippen LogP contribution in [-0.4, -0.2) is 37.0 Å². The Morgan fingerprint density at radius 1 is 1.16 bits per heavy atom. The molecule has 156 valence electrons. The third kappa shape index (κ3) is 3.31. The van der Waals surface area contributed by atoms with Crippen molar-refractivity contribution in [2.45, 2.75) is 13.0 Å². The first-order chi connectivity index (χ1) is 15.1. The number of fused-ring (bicyclic) bond motifs is 2. The smallest absolute Gasteiger partial charge is 0.288 e. The summed E-state index contributed by atoms with van der Waals surface area (Å²) in [5.41, 5.74) is 2.46. The van der Waals surface area contributed by atoms with E-state index in [0.717, 1.165) is 11.3 Å². The van der Waals surface area contributed by atoms with Crippen LogP contribution in [0.1, 0.15) is 24.1 Å². The number of ether oxygens (including phenoxy) is 1. The molecular formula is C20H15Cl2N7O2. The standard InChI is InChI=1S/C20H15Cl2N7O2/c1-2-31-12-6-3-10(4-7-12)18-15-16(13-8-5-11(21)9-14(13)22)24-25-19(30)17(15)23-20-26-27-28-29(18)20/h3-9,18H,2H2,1H3,(H,25,30)(H,23,26,28)/t18-/m0/s1. The Labute approximate surface area is 186 Å². The van der Waals surface area contributed by atoms with E-state index in [1.54, 1.807) is 22.9 Å². The summed E-state index contributed by atoms with van der Waals surface area (Å²) in [6.45, 7) is 2.48. The number of rotatable bonds is 4. The van der Waals surface area contributed by atoms with Gasteiger partial charge >= 0.3 is 0 Å². The Bertz CT molecular complexity index is 1330. The van der Waals surface area contributed by atoms with E-state index in [-0.39, 0.29) is 0 Å². The molecule has 1 aliphatic heterocycles. The van der Waals surface area contributed by atoms with E-state index in [9.17, 15) is 4.79 Å². The highest BCUT2D eigenvalue weighted by atomic mass is 35.5. The van der Waals surface area contributed by atoms with Gasteiger partial charge in [-0.25, -0.2) is 5.10 Å². The first-order valence-electron chi connectivity index (χ1n) is 9.42. The molecule has 0 aliphatic carbocycles. The Balaban J connectivity index is 1.76. The Morgan fingerprint density at radius 2 is 1.97 bits per heavy atom. The molecule has 3 heterocycles. The minimum atomic E-state index is -0.520. The highest BCUT2D eigenvalue weighted by Gasteiger charge is 2.34. The van der Waals surface area contributed by atoms with Gasteiger partial charge in [0, 0.05) is 16.1 Å². The lowest BCUT2D eigenvalue weighted by Crippen LogP contribution is -2.29. The minimum absolute atomic E-state index is 0.303. The van der Waals surface area contributed by atoms with Gasteiger partial charge in [-0.2, -0.15) is 9.78 Å². The summed E-state index contributed by atoms with van der Waals surface area (Å²) in [7, 11) is 0. The highest BCUT2D eigenvalue weighted by molar-refractivity contribution is 6.36. The predicted molar refractivity (Wildman–Crippen MR) is 116 cm³/mol. The first-order valence-corrected chi connectivity index (χ1v) is 10.2. The molecule has 0 fully saturated rings. The molecule has 0 saturated heterocycles. The largest absolute Gasteiger partial charge is 0.494 e. The monoisotopic (exact) mass is 455 g/mol. The van der Waals surface area contributed by atoms with Crippen molar-refractivity contribution in [1.29, 1.82) is 0 Å². The Hall–Kier alpha value is -3.43. The number of nitrogens with one attached hydrogen (secondary N) is 2. The Morgan fingerprint density at radius 3 is 2.71 bits per heavy atom. The molecule has 0 saturated carbocycles. The SMILES string of the molecule is CCOc1ccc([C@H]2c3c(-c4ccc(Cl)cc4Cl)n[nH]c(=O)c3Nc3nnnn32)cc1. The molecule has 2 N–H and O–H groups in total. The van der Waals surface area contributed by atoms with Crippen molar-refractivity contribution in [2.75, 3.05) is 11.9 Å². The zero-order valence-corrected chi connectivity index (χ0v) is 17.6. The summed E-state index contributed by atoms with van der Waals surface area (Å²) >= 11 is 12.5. The van der Waals surface area contributed by atoms with Crippen LogP contribution in [0.15, 0.2) is 47.3 Å². The van der Waals surface area contributed by atoms with Crippen LogP contribution in [0, 0.1) is 0 Å². The molecule has 5 rings (SSSR count). The summed E-state index contributed by atoms with van der Waals surface area (Å²) in [5, 5.41) is 22.7. The van der Waals surface area contributed by atoms with Crippen LogP contribution in [0.4, 0.5) is 11.6 Å². The van der Waals surface area contributed by atoms with Crippen molar-refractivity contribution < 1.29 is 4.74 Å². The average molecular weight is 456 g/mol. The number of anilines is 2. The van der Waals surface area contributed by atoms with Crippen LogP contribution < -0.4 is 15.6 Å². The Kier molecular flexibility index (Phi) is 4.84. The summed E-state index contributed by atoms with van der Waals surface area (Å²) < 4.78 is 7.16. The fourth-order valence-electron chi connectivity index (χ4n) is 3.65. The lowest BCUT2D eigenvalue weighted by atomic mass is 9.92. The third-order valence-electron chi connectivity index (χ3n) is 4.96. The number of benzene rings is 2. The summed E-state index contributed by atoms with van der Waals surface area (Å²) in [4.78, 5) is 12.7. The number of nitrogens with zero attached hydrogens (tertiary/aromatic N) is 5. The van der Waals surface area contributed by atoms with E-state index in [0.29, 0.717) is 45.1 Å².